The molecule has 0 amide bonds. The standard InChI is InChI=1S/C10H14N2S/c1-9-2-4-12(5-3-9)7-10-6-11-8-13-10/h2,6,8H,3-5,7H2,1H3. The van der Waals surface area contributed by atoms with Crippen molar-refractivity contribution in [3.63, 3.8) is 0 Å². The zero-order chi connectivity index (χ0) is 9.10. The van der Waals surface area contributed by atoms with Crippen molar-refractivity contribution < 1.29 is 0 Å². The third-order valence-corrected chi connectivity index (χ3v) is 3.15. The molecule has 0 fully saturated rings. The molecular formula is C10H14N2S. The van der Waals surface area contributed by atoms with Crippen molar-refractivity contribution >= 4 is 11.3 Å². The van der Waals surface area contributed by atoms with Crippen molar-refractivity contribution in [2.45, 2.75) is 19.9 Å². The van der Waals surface area contributed by atoms with Gasteiger partial charge in [-0.25, -0.2) is 0 Å². The molecule has 2 nitrogen and oxygen atoms in total. The summed E-state index contributed by atoms with van der Waals surface area (Å²) in [5.74, 6) is 0. The Morgan fingerprint density at radius 2 is 2.54 bits per heavy atom. The smallest absolute Gasteiger partial charge is 0.0794 e. The Morgan fingerprint density at radius 1 is 1.62 bits per heavy atom. The number of aromatic nitrogens is 1. The van der Waals surface area contributed by atoms with Gasteiger partial charge in [0, 0.05) is 30.7 Å². The topological polar surface area (TPSA) is 16.1 Å². The summed E-state index contributed by atoms with van der Waals surface area (Å²) in [5.41, 5.74) is 3.43. The Kier molecular flexibility index (Phi) is 2.76. The van der Waals surface area contributed by atoms with Crippen LogP contribution in [-0.4, -0.2) is 23.0 Å². The highest BCUT2D eigenvalue weighted by Crippen LogP contribution is 2.14. The molecule has 0 unspecified atom stereocenters. The summed E-state index contributed by atoms with van der Waals surface area (Å²) < 4.78 is 0. The maximum absolute atomic E-state index is 4.08. The van der Waals surface area contributed by atoms with Gasteiger partial charge in [-0.2, -0.15) is 0 Å². The maximum atomic E-state index is 4.08. The zero-order valence-corrected chi connectivity index (χ0v) is 8.68. The van der Waals surface area contributed by atoms with Crippen LogP contribution in [0.4, 0.5) is 0 Å². The first-order chi connectivity index (χ1) is 6.34. The minimum atomic E-state index is 1.06. The summed E-state index contributed by atoms with van der Waals surface area (Å²) in [6.07, 6.45) is 5.51. The van der Waals surface area contributed by atoms with E-state index in [1.807, 2.05) is 11.7 Å². The Bertz CT molecular complexity index is 290. The number of hydrogen-bond donors (Lipinski definition) is 0. The number of rotatable bonds is 2. The molecule has 0 aromatic carbocycles. The lowest BCUT2D eigenvalue weighted by Gasteiger charge is -2.24. The van der Waals surface area contributed by atoms with Gasteiger partial charge in [0.2, 0.25) is 0 Å². The van der Waals surface area contributed by atoms with E-state index >= 15 is 0 Å². The summed E-state index contributed by atoms with van der Waals surface area (Å²) >= 11 is 1.74. The van der Waals surface area contributed by atoms with E-state index in [1.165, 1.54) is 23.4 Å². The van der Waals surface area contributed by atoms with E-state index in [9.17, 15) is 0 Å². The van der Waals surface area contributed by atoms with E-state index in [2.05, 4.69) is 22.9 Å². The summed E-state index contributed by atoms with van der Waals surface area (Å²) in [6, 6.07) is 0. The molecule has 1 aliphatic rings. The van der Waals surface area contributed by atoms with Crippen LogP contribution in [0.25, 0.3) is 0 Å². The van der Waals surface area contributed by atoms with Gasteiger partial charge in [-0.3, -0.25) is 9.88 Å². The summed E-state index contributed by atoms with van der Waals surface area (Å²) in [6.45, 7) is 5.57. The molecule has 1 aliphatic heterocycles. The third-order valence-electron chi connectivity index (χ3n) is 2.38. The fourth-order valence-corrected chi connectivity index (χ4v) is 2.13. The van der Waals surface area contributed by atoms with Crippen LogP contribution < -0.4 is 0 Å². The van der Waals surface area contributed by atoms with Crippen LogP contribution >= 0.6 is 11.3 Å². The van der Waals surface area contributed by atoms with Crippen molar-refractivity contribution in [2.75, 3.05) is 13.1 Å². The minimum absolute atomic E-state index is 1.06. The molecule has 0 saturated heterocycles. The average Bonchev–Trinajstić information content (AvgIpc) is 2.62. The van der Waals surface area contributed by atoms with Crippen molar-refractivity contribution in [3.05, 3.63) is 28.2 Å². The van der Waals surface area contributed by atoms with E-state index in [0.29, 0.717) is 0 Å². The van der Waals surface area contributed by atoms with Gasteiger partial charge in [0.05, 0.1) is 5.51 Å². The van der Waals surface area contributed by atoms with E-state index in [0.717, 1.165) is 13.1 Å². The second-order valence-corrected chi connectivity index (χ2v) is 4.47. The van der Waals surface area contributed by atoms with Gasteiger partial charge in [0.25, 0.3) is 0 Å². The molecule has 0 N–H and O–H groups in total. The third kappa shape index (κ3) is 2.39. The van der Waals surface area contributed by atoms with Gasteiger partial charge in [-0.05, 0) is 13.3 Å². The molecule has 13 heavy (non-hydrogen) atoms. The van der Waals surface area contributed by atoms with E-state index in [4.69, 9.17) is 0 Å². The highest BCUT2D eigenvalue weighted by molar-refractivity contribution is 7.09. The fourth-order valence-electron chi connectivity index (χ4n) is 1.50. The maximum Gasteiger partial charge on any atom is 0.0794 e. The van der Waals surface area contributed by atoms with Gasteiger partial charge in [0.15, 0.2) is 0 Å². The van der Waals surface area contributed by atoms with Crippen LogP contribution in [-0.2, 0) is 6.54 Å². The Morgan fingerprint density at radius 3 is 3.15 bits per heavy atom. The molecule has 0 saturated carbocycles. The van der Waals surface area contributed by atoms with Gasteiger partial charge in [-0.15, -0.1) is 11.3 Å². The minimum Gasteiger partial charge on any atom is -0.294 e. The molecule has 0 atom stereocenters. The van der Waals surface area contributed by atoms with E-state index < -0.39 is 0 Å². The molecule has 1 aromatic rings. The molecule has 70 valence electrons. The van der Waals surface area contributed by atoms with Gasteiger partial charge in [0.1, 0.15) is 0 Å². The normalized spacial score (nSPS) is 18.7. The Balaban J connectivity index is 1.90. The summed E-state index contributed by atoms with van der Waals surface area (Å²) in [4.78, 5) is 7.91. The fraction of sp³-hybridized carbons (Fsp3) is 0.500. The molecule has 2 rings (SSSR count). The molecule has 0 aliphatic carbocycles. The average molecular weight is 194 g/mol. The van der Waals surface area contributed by atoms with Gasteiger partial charge < -0.3 is 0 Å². The first-order valence-electron chi connectivity index (χ1n) is 4.60. The predicted octanol–water partition coefficient (Wildman–Crippen LogP) is 2.30. The predicted molar refractivity (Wildman–Crippen MR) is 55.8 cm³/mol. The van der Waals surface area contributed by atoms with Crippen molar-refractivity contribution in [1.29, 1.82) is 0 Å². The number of hydrogen-bond acceptors (Lipinski definition) is 3. The zero-order valence-electron chi connectivity index (χ0n) is 7.86. The molecule has 0 bridgehead atoms. The number of thiazole rings is 1. The van der Waals surface area contributed by atoms with Crippen molar-refractivity contribution in [3.8, 4) is 0 Å². The first kappa shape index (κ1) is 8.91. The second-order valence-electron chi connectivity index (χ2n) is 3.50. The van der Waals surface area contributed by atoms with Crippen LogP contribution in [0.1, 0.15) is 18.2 Å². The van der Waals surface area contributed by atoms with Crippen LogP contribution in [0.2, 0.25) is 0 Å². The van der Waals surface area contributed by atoms with E-state index in [-0.39, 0.29) is 0 Å². The molecule has 2 heterocycles. The second kappa shape index (κ2) is 4.03. The molecule has 3 heteroatoms. The lowest BCUT2D eigenvalue weighted by molar-refractivity contribution is 0.288. The van der Waals surface area contributed by atoms with Gasteiger partial charge >= 0.3 is 0 Å². The Hall–Kier alpha value is -0.670. The SMILES string of the molecule is CC1=CCN(Cc2cncs2)CC1. The molecule has 0 radical (unpaired) electrons. The van der Waals surface area contributed by atoms with Crippen molar-refractivity contribution in [2.24, 2.45) is 0 Å². The quantitative estimate of drug-likeness (QED) is 0.672. The van der Waals surface area contributed by atoms with Crippen LogP contribution in [0.15, 0.2) is 23.4 Å². The van der Waals surface area contributed by atoms with Crippen LogP contribution in [0.5, 0.6) is 0 Å². The van der Waals surface area contributed by atoms with Gasteiger partial charge in [-0.1, -0.05) is 11.6 Å². The van der Waals surface area contributed by atoms with Crippen LogP contribution in [0.3, 0.4) is 0 Å². The van der Waals surface area contributed by atoms with E-state index in [1.54, 1.807) is 11.3 Å². The van der Waals surface area contributed by atoms with Crippen molar-refractivity contribution in [1.82, 2.24) is 9.88 Å². The monoisotopic (exact) mass is 194 g/mol. The highest BCUT2D eigenvalue weighted by Gasteiger charge is 2.09. The van der Waals surface area contributed by atoms with Crippen LogP contribution in [0, 0.1) is 0 Å². The molecular weight excluding hydrogens is 180 g/mol. The number of nitrogens with zero attached hydrogens (tertiary/aromatic N) is 2. The highest BCUT2D eigenvalue weighted by atomic mass is 32.1. The first-order valence-corrected chi connectivity index (χ1v) is 5.48. The molecule has 0 spiro atoms. The summed E-state index contributed by atoms with van der Waals surface area (Å²) in [7, 11) is 0. The summed E-state index contributed by atoms with van der Waals surface area (Å²) in [5, 5.41) is 0. The largest absolute Gasteiger partial charge is 0.294 e. The lowest BCUT2D eigenvalue weighted by Crippen LogP contribution is -2.27. The Labute approximate surface area is 82.9 Å². The lowest BCUT2D eigenvalue weighted by atomic mass is 10.1. The molecule has 1 aromatic heterocycles.